The summed E-state index contributed by atoms with van der Waals surface area (Å²) in [5, 5.41) is 2.14. The number of halogens is 1. The number of ether oxygens (including phenoxy) is 1. The molecule has 0 saturated carbocycles. The van der Waals surface area contributed by atoms with E-state index in [1.54, 1.807) is 0 Å². The van der Waals surface area contributed by atoms with Gasteiger partial charge in [-0.15, -0.1) is 0 Å². The molecule has 2 nitrogen and oxygen atoms in total. The number of rotatable bonds is 3. The van der Waals surface area contributed by atoms with Gasteiger partial charge in [0.25, 0.3) is 0 Å². The number of hydrogen-bond acceptors (Lipinski definition) is 2. The van der Waals surface area contributed by atoms with Crippen LogP contribution in [0.4, 0.5) is 4.39 Å². The highest BCUT2D eigenvalue weighted by Crippen LogP contribution is 2.26. The lowest BCUT2D eigenvalue weighted by Gasteiger charge is -2.07. The Bertz CT molecular complexity index is 781. The Morgan fingerprint density at radius 1 is 0.850 bits per heavy atom. The highest BCUT2D eigenvalue weighted by Gasteiger charge is 2.03. The molecule has 3 heteroatoms. The van der Waals surface area contributed by atoms with Gasteiger partial charge in [-0.25, -0.2) is 4.39 Å². The summed E-state index contributed by atoms with van der Waals surface area (Å²) in [5.41, 5.74) is 0.251. The lowest BCUT2D eigenvalue weighted by molar-refractivity contribution is 0.112. The SMILES string of the molecule is O=Cc1cc(F)cc(Oc2ccc3ccccc3c2)c1. The minimum absolute atomic E-state index is 0.251. The molecule has 0 saturated heterocycles. The topological polar surface area (TPSA) is 26.3 Å². The maximum Gasteiger partial charge on any atom is 0.150 e. The molecule has 0 aliphatic carbocycles. The summed E-state index contributed by atoms with van der Waals surface area (Å²) in [6.45, 7) is 0. The van der Waals surface area contributed by atoms with Gasteiger partial charge in [0, 0.05) is 11.6 Å². The molecule has 0 aliphatic heterocycles. The molecule has 0 atom stereocenters. The van der Waals surface area contributed by atoms with Gasteiger partial charge in [0.05, 0.1) is 0 Å². The van der Waals surface area contributed by atoms with Crippen molar-refractivity contribution in [2.45, 2.75) is 0 Å². The van der Waals surface area contributed by atoms with E-state index in [0.29, 0.717) is 17.8 Å². The van der Waals surface area contributed by atoms with Crippen LogP contribution in [0.15, 0.2) is 60.7 Å². The van der Waals surface area contributed by atoms with E-state index in [9.17, 15) is 9.18 Å². The molecule has 0 bridgehead atoms. The molecule has 98 valence electrons. The molecule has 0 heterocycles. The quantitative estimate of drug-likeness (QED) is 0.648. The van der Waals surface area contributed by atoms with Gasteiger partial charge in [-0.05, 0) is 35.0 Å². The second-order valence-corrected chi connectivity index (χ2v) is 4.45. The van der Waals surface area contributed by atoms with Crippen LogP contribution in [0.2, 0.25) is 0 Å². The van der Waals surface area contributed by atoms with Gasteiger partial charge in [-0.2, -0.15) is 0 Å². The lowest BCUT2D eigenvalue weighted by atomic mass is 10.1. The van der Waals surface area contributed by atoms with Gasteiger partial charge in [0.2, 0.25) is 0 Å². The number of benzene rings is 3. The first-order valence-corrected chi connectivity index (χ1v) is 6.17. The highest BCUT2D eigenvalue weighted by atomic mass is 19.1. The molecule has 3 rings (SSSR count). The van der Waals surface area contributed by atoms with Gasteiger partial charge in [-0.3, -0.25) is 4.79 Å². The van der Waals surface area contributed by atoms with Crippen molar-refractivity contribution in [1.29, 1.82) is 0 Å². The summed E-state index contributed by atoms with van der Waals surface area (Å²) in [4.78, 5) is 10.7. The van der Waals surface area contributed by atoms with E-state index in [0.717, 1.165) is 10.8 Å². The van der Waals surface area contributed by atoms with Crippen LogP contribution >= 0.6 is 0 Å². The third kappa shape index (κ3) is 2.52. The van der Waals surface area contributed by atoms with Gasteiger partial charge < -0.3 is 4.74 Å². The van der Waals surface area contributed by atoms with Crippen LogP contribution in [-0.4, -0.2) is 6.29 Å². The minimum Gasteiger partial charge on any atom is -0.457 e. The summed E-state index contributed by atoms with van der Waals surface area (Å²) in [6, 6.07) is 17.4. The summed E-state index contributed by atoms with van der Waals surface area (Å²) >= 11 is 0. The predicted octanol–water partition coefficient (Wildman–Crippen LogP) is 4.58. The minimum atomic E-state index is -0.495. The van der Waals surface area contributed by atoms with Crippen LogP contribution in [0.3, 0.4) is 0 Å². The van der Waals surface area contributed by atoms with E-state index in [-0.39, 0.29) is 5.56 Å². The Balaban J connectivity index is 1.96. The number of fused-ring (bicyclic) bond motifs is 1. The van der Waals surface area contributed by atoms with E-state index < -0.39 is 5.82 Å². The Morgan fingerprint density at radius 2 is 1.65 bits per heavy atom. The van der Waals surface area contributed by atoms with Crippen LogP contribution in [0.5, 0.6) is 11.5 Å². The fraction of sp³-hybridized carbons (Fsp3) is 0. The van der Waals surface area contributed by atoms with E-state index >= 15 is 0 Å². The molecule has 0 radical (unpaired) electrons. The second kappa shape index (κ2) is 5.13. The van der Waals surface area contributed by atoms with E-state index in [1.165, 1.54) is 18.2 Å². The highest BCUT2D eigenvalue weighted by molar-refractivity contribution is 5.83. The fourth-order valence-corrected chi connectivity index (χ4v) is 2.08. The van der Waals surface area contributed by atoms with Gasteiger partial charge in [0.1, 0.15) is 23.6 Å². The van der Waals surface area contributed by atoms with Crippen molar-refractivity contribution in [1.82, 2.24) is 0 Å². The Labute approximate surface area is 115 Å². The Morgan fingerprint density at radius 3 is 2.45 bits per heavy atom. The van der Waals surface area contributed by atoms with Crippen molar-refractivity contribution in [2.24, 2.45) is 0 Å². The number of carbonyl (C=O) groups excluding carboxylic acids is 1. The number of carbonyl (C=O) groups is 1. The van der Waals surface area contributed by atoms with Crippen molar-refractivity contribution in [3.63, 3.8) is 0 Å². The van der Waals surface area contributed by atoms with Crippen molar-refractivity contribution in [2.75, 3.05) is 0 Å². The van der Waals surface area contributed by atoms with Crippen LogP contribution < -0.4 is 4.74 Å². The van der Waals surface area contributed by atoms with Crippen LogP contribution in [0.25, 0.3) is 10.8 Å². The molecule has 3 aromatic rings. The van der Waals surface area contributed by atoms with Crippen molar-refractivity contribution < 1.29 is 13.9 Å². The summed E-state index contributed by atoms with van der Waals surface area (Å²) < 4.78 is 18.9. The van der Waals surface area contributed by atoms with Crippen molar-refractivity contribution >= 4 is 17.1 Å². The first-order chi connectivity index (χ1) is 9.74. The molecule has 0 spiro atoms. The molecule has 0 N–H and O–H groups in total. The summed E-state index contributed by atoms with van der Waals surface area (Å²) in [6.07, 6.45) is 0.594. The van der Waals surface area contributed by atoms with E-state index in [1.807, 2.05) is 42.5 Å². The average Bonchev–Trinajstić information content (AvgIpc) is 2.46. The Hall–Kier alpha value is -2.68. The Kier molecular flexibility index (Phi) is 3.17. The lowest BCUT2D eigenvalue weighted by Crippen LogP contribution is -1.89. The third-order valence-corrected chi connectivity index (χ3v) is 2.99. The maximum absolute atomic E-state index is 13.3. The number of aldehydes is 1. The first-order valence-electron chi connectivity index (χ1n) is 6.17. The zero-order chi connectivity index (χ0) is 13.9. The monoisotopic (exact) mass is 266 g/mol. The van der Waals surface area contributed by atoms with Crippen LogP contribution in [0, 0.1) is 5.82 Å². The van der Waals surface area contributed by atoms with Crippen molar-refractivity contribution in [3.05, 3.63) is 72.0 Å². The molecule has 20 heavy (non-hydrogen) atoms. The molecule has 0 amide bonds. The second-order valence-electron chi connectivity index (χ2n) is 4.45. The first kappa shape index (κ1) is 12.4. The van der Waals surface area contributed by atoms with Gasteiger partial charge >= 0.3 is 0 Å². The van der Waals surface area contributed by atoms with E-state index in [4.69, 9.17) is 4.74 Å². The van der Waals surface area contributed by atoms with Crippen LogP contribution in [0.1, 0.15) is 10.4 Å². The van der Waals surface area contributed by atoms with Crippen LogP contribution in [-0.2, 0) is 0 Å². The molecule has 3 aromatic carbocycles. The molecule has 0 aliphatic rings. The maximum atomic E-state index is 13.3. The van der Waals surface area contributed by atoms with Gasteiger partial charge in [-0.1, -0.05) is 30.3 Å². The average molecular weight is 266 g/mol. The number of hydrogen-bond donors (Lipinski definition) is 0. The molecule has 0 aromatic heterocycles. The van der Waals surface area contributed by atoms with Crippen molar-refractivity contribution in [3.8, 4) is 11.5 Å². The summed E-state index contributed by atoms with van der Waals surface area (Å²) in [5.74, 6) is 0.416. The predicted molar refractivity (Wildman–Crippen MR) is 75.8 cm³/mol. The van der Waals surface area contributed by atoms with Gasteiger partial charge in [0.15, 0.2) is 0 Å². The molecule has 0 unspecified atom stereocenters. The zero-order valence-electron chi connectivity index (χ0n) is 10.5. The normalized spacial score (nSPS) is 10.4. The standard InChI is InChI=1S/C17H11FO2/c18-15-7-12(11-19)8-17(10-15)20-16-6-5-13-3-1-2-4-14(13)9-16/h1-11H. The largest absolute Gasteiger partial charge is 0.457 e. The fourth-order valence-electron chi connectivity index (χ4n) is 2.08. The zero-order valence-corrected chi connectivity index (χ0v) is 10.5. The molecule has 0 fully saturated rings. The smallest absolute Gasteiger partial charge is 0.150 e. The van der Waals surface area contributed by atoms with E-state index in [2.05, 4.69) is 0 Å². The summed E-state index contributed by atoms with van der Waals surface area (Å²) in [7, 11) is 0. The molecular formula is C17H11FO2. The third-order valence-electron chi connectivity index (χ3n) is 2.99. The molecular weight excluding hydrogens is 255 g/mol.